The highest BCUT2D eigenvalue weighted by atomic mass is 32.2. The molecule has 26 heavy (non-hydrogen) atoms. The SMILES string of the molecule is O=C(C1=CCS(=O)(=O)C1)N1CCCC(c2nc(-c3ccccc3)n[nH]2)C1. The average molecular weight is 372 g/mol. The Morgan fingerprint density at radius 2 is 2.04 bits per heavy atom. The molecule has 1 amide bonds. The van der Waals surface area contributed by atoms with Crippen LogP contribution in [0.1, 0.15) is 24.6 Å². The third-order valence-corrected chi connectivity index (χ3v) is 6.29. The summed E-state index contributed by atoms with van der Waals surface area (Å²) in [5.41, 5.74) is 1.34. The minimum absolute atomic E-state index is 0.0338. The first-order chi connectivity index (χ1) is 12.5. The maximum atomic E-state index is 12.6. The molecule has 0 spiro atoms. The van der Waals surface area contributed by atoms with Crippen LogP contribution in [0.4, 0.5) is 0 Å². The van der Waals surface area contributed by atoms with Crippen molar-refractivity contribution in [3.05, 3.63) is 47.8 Å². The minimum atomic E-state index is -3.14. The Morgan fingerprint density at radius 3 is 2.77 bits per heavy atom. The third kappa shape index (κ3) is 3.41. The van der Waals surface area contributed by atoms with Crippen LogP contribution in [0.15, 0.2) is 42.0 Å². The quantitative estimate of drug-likeness (QED) is 0.881. The normalized spacial score (nSPS) is 22.2. The first kappa shape index (κ1) is 17.0. The molecular formula is C18H20N4O3S. The molecule has 1 atom stereocenters. The molecule has 2 aliphatic rings. The van der Waals surface area contributed by atoms with Crippen LogP contribution in [0.25, 0.3) is 11.4 Å². The van der Waals surface area contributed by atoms with Crippen molar-refractivity contribution in [2.24, 2.45) is 0 Å². The lowest BCUT2D eigenvalue weighted by Crippen LogP contribution is -2.40. The molecule has 1 N–H and O–H groups in total. The van der Waals surface area contributed by atoms with Crippen molar-refractivity contribution in [1.82, 2.24) is 20.1 Å². The van der Waals surface area contributed by atoms with Crippen molar-refractivity contribution in [3.63, 3.8) is 0 Å². The van der Waals surface area contributed by atoms with E-state index in [9.17, 15) is 13.2 Å². The smallest absolute Gasteiger partial charge is 0.250 e. The molecule has 0 saturated carbocycles. The number of sulfone groups is 1. The number of carbonyl (C=O) groups excluding carboxylic acids is 1. The number of nitrogens with one attached hydrogen (secondary N) is 1. The summed E-state index contributed by atoms with van der Waals surface area (Å²) in [6.45, 7) is 1.17. The fraction of sp³-hybridized carbons (Fsp3) is 0.389. The van der Waals surface area contributed by atoms with E-state index < -0.39 is 9.84 Å². The summed E-state index contributed by atoms with van der Waals surface area (Å²) in [4.78, 5) is 19.0. The van der Waals surface area contributed by atoms with Gasteiger partial charge in [0, 0.05) is 30.1 Å². The Balaban J connectivity index is 1.47. The zero-order valence-electron chi connectivity index (χ0n) is 14.3. The van der Waals surface area contributed by atoms with E-state index in [0.717, 1.165) is 24.2 Å². The van der Waals surface area contributed by atoms with Gasteiger partial charge in [-0.25, -0.2) is 13.4 Å². The standard InChI is InChI=1S/C18H20N4O3S/c23-18(15-8-10-26(24,25)12-15)22-9-4-7-14(11-22)17-19-16(20-21-17)13-5-2-1-3-6-13/h1-3,5-6,8,14H,4,7,9-12H2,(H,19,20,21). The summed E-state index contributed by atoms with van der Waals surface area (Å²) < 4.78 is 23.2. The summed E-state index contributed by atoms with van der Waals surface area (Å²) >= 11 is 0. The van der Waals surface area contributed by atoms with E-state index in [-0.39, 0.29) is 23.3 Å². The van der Waals surface area contributed by atoms with E-state index in [1.54, 1.807) is 11.0 Å². The summed E-state index contributed by atoms with van der Waals surface area (Å²) in [5.74, 6) is 1.15. The summed E-state index contributed by atoms with van der Waals surface area (Å²) in [7, 11) is -3.14. The number of aromatic amines is 1. The molecular weight excluding hydrogens is 352 g/mol. The molecule has 1 fully saturated rings. The second-order valence-electron chi connectivity index (χ2n) is 6.78. The van der Waals surface area contributed by atoms with Gasteiger partial charge in [-0.05, 0) is 12.8 Å². The molecule has 0 aliphatic carbocycles. The zero-order valence-corrected chi connectivity index (χ0v) is 15.1. The van der Waals surface area contributed by atoms with Gasteiger partial charge in [0.2, 0.25) is 0 Å². The van der Waals surface area contributed by atoms with Crippen molar-refractivity contribution in [3.8, 4) is 11.4 Å². The number of benzene rings is 1. The number of piperidine rings is 1. The van der Waals surface area contributed by atoms with Crippen molar-refractivity contribution in [1.29, 1.82) is 0 Å². The van der Waals surface area contributed by atoms with Crippen molar-refractivity contribution in [2.75, 3.05) is 24.6 Å². The van der Waals surface area contributed by atoms with Gasteiger partial charge in [0.15, 0.2) is 15.7 Å². The molecule has 136 valence electrons. The predicted molar refractivity (Wildman–Crippen MR) is 97.1 cm³/mol. The van der Waals surface area contributed by atoms with Crippen LogP contribution in [0, 0.1) is 0 Å². The molecule has 2 aliphatic heterocycles. The molecule has 8 heteroatoms. The molecule has 3 heterocycles. The van der Waals surface area contributed by atoms with Crippen molar-refractivity contribution in [2.45, 2.75) is 18.8 Å². The van der Waals surface area contributed by atoms with Gasteiger partial charge in [-0.1, -0.05) is 36.4 Å². The lowest BCUT2D eigenvalue weighted by molar-refractivity contribution is -0.128. The van der Waals surface area contributed by atoms with Crippen LogP contribution < -0.4 is 0 Å². The lowest BCUT2D eigenvalue weighted by Gasteiger charge is -2.32. The number of hydrogen-bond acceptors (Lipinski definition) is 5. The van der Waals surface area contributed by atoms with Gasteiger partial charge in [0.1, 0.15) is 5.82 Å². The van der Waals surface area contributed by atoms with Gasteiger partial charge in [0.05, 0.1) is 11.5 Å². The van der Waals surface area contributed by atoms with E-state index in [1.807, 2.05) is 30.3 Å². The fourth-order valence-corrected chi connectivity index (χ4v) is 4.78. The number of aromatic nitrogens is 3. The van der Waals surface area contributed by atoms with Gasteiger partial charge in [-0.3, -0.25) is 9.89 Å². The van der Waals surface area contributed by atoms with Crippen LogP contribution in [-0.2, 0) is 14.6 Å². The number of H-pyrrole nitrogens is 1. The van der Waals surface area contributed by atoms with Crippen LogP contribution >= 0.6 is 0 Å². The van der Waals surface area contributed by atoms with Crippen molar-refractivity contribution < 1.29 is 13.2 Å². The highest BCUT2D eigenvalue weighted by Gasteiger charge is 2.32. The van der Waals surface area contributed by atoms with E-state index in [1.165, 1.54) is 0 Å². The van der Waals surface area contributed by atoms with Gasteiger partial charge in [-0.15, -0.1) is 0 Å². The summed E-state index contributed by atoms with van der Waals surface area (Å²) in [6.07, 6.45) is 3.32. The Bertz CT molecular complexity index is 950. The Kier molecular flexibility index (Phi) is 4.36. The third-order valence-electron chi connectivity index (χ3n) is 4.86. The number of hydrogen-bond donors (Lipinski definition) is 1. The average Bonchev–Trinajstić information content (AvgIpc) is 3.29. The number of amides is 1. The minimum Gasteiger partial charge on any atom is -0.338 e. The van der Waals surface area contributed by atoms with Crippen LogP contribution in [0.5, 0.6) is 0 Å². The molecule has 7 nitrogen and oxygen atoms in total. The Morgan fingerprint density at radius 1 is 1.23 bits per heavy atom. The fourth-order valence-electron chi connectivity index (χ4n) is 3.49. The summed E-state index contributed by atoms with van der Waals surface area (Å²) in [5, 5.41) is 7.30. The second kappa shape index (κ2) is 6.68. The number of carbonyl (C=O) groups is 1. The maximum Gasteiger partial charge on any atom is 0.250 e. The first-order valence-corrected chi connectivity index (χ1v) is 10.5. The highest BCUT2D eigenvalue weighted by Crippen LogP contribution is 2.27. The number of nitrogens with zero attached hydrogens (tertiary/aromatic N) is 3. The topological polar surface area (TPSA) is 96.0 Å². The van der Waals surface area contributed by atoms with Gasteiger partial charge in [0.25, 0.3) is 5.91 Å². The van der Waals surface area contributed by atoms with Gasteiger partial charge >= 0.3 is 0 Å². The highest BCUT2D eigenvalue weighted by molar-refractivity contribution is 7.92. The van der Waals surface area contributed by atoms with Crippen LogP contribution in [0.3, 0.4) is 0 Å². The second-order valence-corrected chi connectivity index (χ2v) is 8.89. The molecule has 1 aromatic heterocycles. The van der Waals surface area contributed by atoms with Crippen molar-refractivity contribution >= 4 is 15.7 Å². The lowest BCUT2D eigenvalue weighted by atomic mass is 9.97. The molecule has 1 aromatic carbocycles. The number of likely N-dealkylation sites (tertiary alicyclic amines) is 1. The Hall–Kier alpha value is -2.48. The molecule has 0 radical (unpaired) electrons. The monoisotopic (exact) mass is 372 g/mol. The van der Waals surface area contributed by atoms with E-state index in [2.05, 4.69) is 15.2 Å². The molecule has 4 rings (SSSR count). The first-order valence-electron chi connectivity index (χ1n) is 8.68. The molecule has 2 aromatic rings. The van der Waals surface area contributed by atoms with Gasteiger partial charge in [-0.2, -0.15) is 5.10 Å². The summed E-state index contributed by atoms with van der Waals surface area (Å²) in [6, 6.07) is 9.73. The van der Waals surface area contributed by atoms with E-state index in [4.69, 9.17) is 0 Å². The Labute approximate surface area is 152 Å². The van der Waals surface area contributed by atoms with Crippen LogP contribution in [0.2, 0.25) is 0 Å². The van der Waals surface area contributed by atoms with E-state index in [0.29, 0.717) is 24.5 Å². The largest absolute Gasteiger partial charge is 0.338 e. The molecule has 1 unspecified atom stereocenters. The number of rotatable bonds is 3. The predicted octanol–water partition coefficient (Wildman–Crippen LogP) is 1.53. The maximum absolute atomic E-state index is 12.6. The van der Waals surface area contributed by atoms with E-state index >= 15 is 0 Å². The van der Waals surface area contributed by atoms with Crippen LogP contribution in [-0.4, -0.2) is 59.0 Å². The zero-order chi connectivity index (χ0) is 18.1. The molecule has 1 saturated heterocycles. The molecule has 0 bridgehead atoms. The van der Waals surface area contributed by atoms with Gasteiger partial charge < -0.3 is 4.90 Å².